The van der Waals surface area contributed by atoms with Gasteiger partial charge in [0.05, 0.1) is 0 Å². The number of hydrogen-bond donors (Lipinski definition) is 1. The van der Waals surface area contributed by atoms with Gasteiger partial charge in [-0.15, -0.1) is 0 Å². The minimum atomic E-state index is -1.03. The third-order valence-corrected chi connectivity index (χ3v) is 4.21. The smallest absolute Gasteiger partial charge is 0.327 e. The Morgan fingerprint density at radius 2 is 1.65 bits per heavy atom. The van der Waals surface area contributed by atoms with E-state index in [0.717, 1.165) is 30.6 Å². The molecule has 3 aliphatic rings. The normalized spacial score (nSPS) is 34.0. The van der Waals surface area contributed by atoms with E-state index in [1.165, 1.54) is 0 Å². The molecule has 3 rings (SSSR count). The Kier molecular flexibility index (Phi) is 2.24. The molecule has 2 aliphatic carbocycles. The lowest BCUT2D eigenvalue weighted by Gasteiger charge is -2.34. The molecule has 1 N–H and O–H groups in total. The maximum absolute atomic E-state index is 12.1. The summed E-state index contributed by atoms with van der Waals surface area (Å²) in [4.78, 5) is 36.6. The van der Waals surface area contributed by atoms with Gasteiger partial charge in [0.1, 0.15) is 6.04 Å². The SMILES string of the molecule is O=C(O)C(C1CC1)N1C(=O)C2CCC(C2)C1=O. The number of likely N-dealkylation sites (tertiary alicyclic amines) is 1. The first-order valence-corrected chi connectivity index (χ1v) is 6.19. The molecule has 1 aliphatic heterocycles. The molecule has 2 bridgehead atoms. The van der Waals surface area contributed by atoms with E-state index in [9.17, 15) is 19.5 Å². The Morgan fingerprint density at radius 3 is 2.06 bits per heavy atom. The highest BCUT2D eigenvalue weighted by Crippen LogP contribution is 2.43. The summed E-state index contributed by atoms with van der Waals surface area (Å²) in [5, 5.41) is 9.22. The Balaban J connectivity index is 1.92. The van der Waals surface area contributed by atoms with Gasteiger partial charge in [0.2, 0.25) is 11.8 Å². The highest BCUT2D eigenvalue weighted by atomic mass is 16.4. The van der Waals surface area contributed by atoms with E-state index in [1.807, 2.05) is 0 Å². The van der Waals surface area contributed by atoms with Gasteiger partial charge >= 0.3 is 5.97 Å². The van der Waals surface area contributed by atoms with E-state index in [2.05, 4.69) is 0 Å². The Labute approximate surface area is 98.8 Å². The van der Waals surface area contributed by atoms with Crippen molar-refractivity contribution in [2.24, 2.45) is 17.8 Å². The van der Waals surface area contributed by atoms with E-state index in [0.29, 0.717) is 6.42 Å². The van der Waals surface area contributed by atoms with Crippen LogP contribution in [0.3, 0.4) is 0 Å². The van der Waals surface area contributed by atoms with Crippen LogP contribution in [0.1, 0.15) is 32.1 Å². The summed E-state index contributed by atoms with van der Waals surface area (Å²) in [7, 11) is 0. The second kappa shape index (κ2) is 3.55. The summed E-state index contributed by atoms with van der Waals surface area (Å²) in [5.74, 6) is -1.77. The van der Waals surface area contributed by atoms with E-state index in [4.69, 9.17) is 0 Å². The quantitative estimate of drug-likeness (QED) is 0.731. The van der Waals surface area contributed by atoms with Crippen molar-refractivity contribution in [2.45, 2.75) is 38.1 Å². The molecule has 5 heteroatoms. The summed E-state index contributed by atoms with van der Waals surface area (Å²) >= 11 is 0. The lowest BCUT2D eigenvalue weighted by molar-refractivity contribution is -0.164. The van der Waals surface area contributed by atoms with Crippen LogP contribution in [0.5, 0.6) is 0 Å². The molecule has 5 nitrogen and oxygen atoms in total. The van der Waals surface area contributed by atoms with Gasteiger partial charge in [0, 0.05) is 11.8 Å². The highest BCUT2D eigenvalue weighted by molar-refractivity contribution is 6.04. The van der Waals surface area contributed by atoms with Crippen molar-refractivity contribution in [1.29, 1.82) is 0 Å². The molecule has 17 heavy (non-hydrogen) atoms. The maximum Gasteiger partial charge on any atom is 0.327 e. The minimum Gasteiger partial charge on any atom is -0.480 e. The molecule has 1 saturated heterocycles. The summed E-state index contributed by atoms with van der Waals surface area (Å²) in [6, 6.07) is -0.904. The van der Waals surface area contributed by atoms with Gasteiger partial charge in [-0.05, 0) is 38.0 Å². The van der Waals surface area contributed by atoms with E-state index >= 15 is 0 Å². The van der Waals surface area contributed by atoms with Crippen LogP contribution >= 0.6 is 0 Å². The fraction of sp³-hybridized carbons (Fsp3) is 0.750. The first-order valence-electron chi connectivity index (χ1n) is 6.19. The number of hydrogen-bond acceptors (Lipinski definition) is 3. The number of carboxylic acid groups (broad SMARTS) is 1. The number of rotatable bonds is 3. The molecule has 92 valence electrons. The van der Waals surface area contributed by atoms with Crippen LogP contribution in [-0.2, 0) is 14.4 Å². The summed E-state index contributed by atoms with van der Waals surface area (Å²) in [5.41, 5.74) is 0. The zero-order chi connectivity index (χ0) is 12.2. The zero-order valence-electron chi connectivity index (χ0n) is 9.46. The van der Waals surface area contributed by atoms with Crippen LogP contribution < -0.4 is 0 Å². The predicted octanol–water partition coefficient (Wildman–Crippen LogP) is 0.635. The Bertz CT molecular complexity index is 379. The van der Waals surface area contributed by atoms with E-state index < -0.39 is 12.0 Å². The van der Waals surface area contributed by atoms with Crippen LogP contribution in [0.4, 0.5) is 0 Å². The molecule has 0 spiro atoms. The lowest BCUT2D eigenvalue weighted by atomic mass is 9.94. The van der Waals surface area contributed by atoms with Gasteiger partial charge in [-0.2, -0.15) is 0 Å². The molecule has 3 fully saturated rings. The summed E-state index contributed by atoms with van der Waals surface area (Å²) in [6.45, 7) is 0. The third kappa shape index (κ3) is 1.56. The van der Waals surface area contributed by atoms with Gasteiger partial charge in [0.25, 0.3) is 0 Å². The maximum atomic E-state index is 12.1. The van der Waals surface area contributed by atoms with Crippen molar-refractivity contribution in [3.8, 4) is 0 Å². The number of nitrogens with zero attached hydrogens (tertiary/aromatic N) is 1. The van der Waals surface area contributed by atoms with E-state index in [1.54, 1.807) is 0 Å². The van der Waals surface area contributed by atoms with E-state index in [-0.39, 0.29) is 29.6 Å². The highest BCUT2D eigenvalue weighted by Gasteiger charge is 2.52. The van der Waals surface area contributed by atoms with Crippen LogP contribution in [-0.4, -0.2) is 33.8 Å². The molecule has 1 heterocycles. The fourth-order valence-electron chi connectivity index (χ4n) is 3.14. The van der Waals surface area contributed by atoms with Crippen molar-refractivity contribution in [1.82, 2.24) is 4.90 Å². The van der Waals surface area contributed by atoms with Gasteiger partial charge in [-0.1, -0.05) is 0 Å². The number of amides is 2. The molecule has 2 amide bonds. The topological polar surface area (TPSA) is 74.7 Å². The van der Waals surface area contributed by atoms with Gasteiger partial charge in [0.15, 0.2) is 0 Å². The molecule has 0 radical (unpaired) electrons. The summed E-state index contributed by atoms with van der Waals surface area (Å²) in [6.07, 6.45) is 3.73. The number of carbonyl (C=O) groups is 3. The Morgan fingerprint density at radius 1 is 1.12 bits per heavy atom. The lowest BCUT2D eigenvalue weighted by Crippen LogP contribution is -2.55. The van der Waals surface area contributed by atoms with Crippen molar-refractivity contribution >= 4 is 17.8 Å². The van der Waals surface area contributed by atoms with Crippen LogP contribution in [0.2, 0.25) is 0 Å². The van der Waals surface area contributed by atoms with Crippen molar-refractivity contribution < 1.29 is 19.5 Å². The number of carbonyl (C=O) groups excluding carboxylic acids is 2. The van der Waals surface area contributed by atoms with Crippen LogP contribution in [0, 0.1) is 17.8 Å². The zero-order valence-corrected chi connectivity index (χ0v) is 9.46. The third-order valence-electron chi connectivity index (χ3n) is 4.21. The predicted molar refractivity (Wildman–Crippen MR) is 56.8 cm³/mol. The number of piperidine rings is 1. The Hall–Kier alpha value is -1.39. The molecule has 2 saturated carbocycles. The molecule has 0 aromatic carbocycles. The van der Waals surface area contributed by atoms with Crippen LogP contribution in [0.25, 0.3) is 0 Å². The van der Waals surface area contributed by atoms with Crippen molar-refractivity contribution in [3.05, 3.63) is 0 Å². The molecule has 0 aromatic rings. The standard InChI is InChI=1S/C12H15NO4/c14-10-7-3-4-8(5-7)11(15)13(10)9(12(16)17)6-1-2-6/h6-9H,1-5H2,(H,16,17). The molecule has 3 unspecified atom stereocenters. The number of carboxylic acids is 1. The largest absolute Gasteiger partial charge is 0.480 e. The second-order valence-electron chi connectivity index (χ2n) is 5.37. The number of fused-ring (bicyclic) bond motifs is 2. The summed E-state index contributed by atoms with van der Waals surface area (Å²) < 4.78 is 0. The minimum absolute atomic E-state index is 0.0158. The average molecular weight is 237 g/mol. The van der Waals surface area contributed by atoms with Gasteiger partial charge in [-0.25, -0.2) is 4.79 Å². The average Bonchev–Trinajstić information content (AvgIpc) is 2.98. The van der Waals surface area contributed by atoms with Crippen molar-refractivity contribution in [2.75, 3.05) is 0 Å². The molecular formula is C12H15NO4. The first-order chi connectivity index (χ1) is 8.09. The monoisotopic (exact) mass is 237 g/mol. The second-order valence-corrected chi connectivity index (χ2v) is 5.37. The molecule has 0 aromatic heterocycles. The van der Waals surface area contributed by atoms with Gasteiger partial charge in [-0.3, -0.25) is 14.5 Å². The number of imide groups is 1. The molecule has 3 atom stereocenters. The van der Waals surface area contributed by atoms with Crippen molar-refractivity contribution in [3.63, 3.8) is 0 Å². The van der Waals surface area contributed by atoms with Gasteiger partial charge < -0.3 is 5.11 Å². The number of aliphatic carboxylic acids is 1. The molecular weight excluding hydrogens is 222 g/mol. The first kappa shape index (κ1) is 10.7. The fourth-order valence-corrected chi connectivity index (χ4v) is 3.14. The van der Waals surface area contributed by atoms with Crippen LogP contribution in [0.15, 0.2) is 0 Å².